The Morgan fingerprint density at radius 3 is 2.33 bits per heavy atom. The lowest BCUT2D eigenvalue weighted by molar-refractivity contribution is 0.413. The second kappa shape index (κ2) is 4.58. The molecule has 0 spiro atoms. The lowest BCUT2D eigenvalue weighted by Crippen LogP contribution is -2.36. The van der Waals surface area contributed by atoms with E-state index in [2.05, 4.69) is 20.7 Å². The zero-order valence-electron chi connectivity index (χ0n) is 6.92. The van der Waals surface area contributed by atoms with Crippen LogP contribution in [0.25, 0.3) is 0 Å². The van der Waals surface area contributed by atoms with Crippen LogP contribution in [-0.4, -0.2) is 19.1 Å². The van der Waals surface area contributed by atoms with Crippen molar-refractivity contribution in [2.75, 3.05) is 4.66 Å². The van der Waals surface area contributed by atoms with Gasteiger partial charge in [-0.25, -0.2) is 13.1 Å². The molecule has 0 amide bonds. The molecule has 0 aromatic rings. The summed E-state index contributed by atoms with van der Waals surface area (Å²) in [5.41, 5.74) is 0. The van der Waals surface area contributed by atoms with Gasteiger partial charge in [0.25, 0.3) is 0 Å². The molecule has 0 aromatic heterocycles. The van der Waals surface area contributed by atoms with Crippen LogP contribution >= 0.6 is 15.9 Å². The molecule has 0 radical (unpaired) electrons. The minimum atomic E-state index is -3.05. The Morgan fingerprint density at radius 2 is 1.83 bits per heavy atom. The van der Waals surface area contributed by atoms with Crippen LogP contribution < -0.4 is 4.72 Å². The summed E-state index contributed by atoms with van der Waals surface area (Å²) in [6.07, 6.45) is 5.52. The fraction of sp³-hybridized carbons (Fsp3) is 1.00. The summed E-state index contributed by atoms with van der Waals surface area (Å²) in [7, 11) is -3.05. The van der Waals surface area contributed by atoms with Gasteiger partial charge in [0, 0.05) is 6.04 Å². The molecular formula is C7H14BrNO2S. The molecule has 12 heavy (non-hydrogen) atoms. The molecule has 0 unspecified atom stereocenters. The van der Waals surface area contributed by atoms with E-state index in [1.165, 1.54) is 6.42 Å². The maximum atomic E-state index is 11.1. The van der Waals surface area contributed by atoms with E-state index in [1.54, 1.807) is 0 Å². The molecule has 0 heterocycles. The molecule has 0 aromatic carbocycles. The van der Waals surface area contributed by atoms with Crippen molar-refractivity contribution in [3.05, 3.63) is 0 Å². The maximum Gasteiger partial charge on any atom is 0.221 e. The minimum absolute atomic E-state index is 0.0104. The highest BCUT2D eigenvalue weighted by Gasteiger charge is 2.18. The average Bonchev–Trinajstić information content (AvgIpc) is 2.06. The van der Waals surface area contributed by atoms with Gasteiger partial charge in [0.05, 0.1) is 0 Å². The minimum Gasteiger partial charge on any atom is -0.212 e. The van der Waals surface area contributed by atoms with Crippen LogP contribution in [0.4, 0.5) is 0 Å². The van der Waals surface area contributed by atoms with Gasteiger partial charge in [-0.2, -0.15) is 0 Å². The van der Waals surface area contributed by atoms with Crippen LogP contribution in [0.2, 0.25) is 0 Å². The van der Waals surface area contributed by atoms with Crippen LogP contribution in [0.5, 0.6) is 0 Å². The Balaban J connectivity index is 2.39. The lowest BCUT2D eigenvalue weighted by atomic mass is 9.96. The Bertz CT molecular complexity index is 222. The monoisotopic (exact) mass is 255 g/mol. The van der Waals surface area contributed by atoms with E-state index in [-0.39, 0.29) is 10.7 Å². The number of hydrogen-bond acceptors (Lipinski definition) is 2. The first kappa shape index (κ1) is 10.5. The Hall–Kier alpha value is 0.390. The third kappa shape index (κ3) is 3.41. The van der Waals surface area contributed by atoms with Gasteiger partial charge in [-0.15, -0.1) is 0 Å². The number of nitrogens with one attached hydrogen (secondary N) is 1. The van der Waals surface area contributed by atoms with E-state index < -0.39 is 10.0 Å². The summed E-state index contributed by atoms with van der Waals surface area (Å²) in [5.74, 6) is 0. The first-order chi connectivity index (χ1) is 5.64. The third-order valence-corrected chi connectivity index (χ3v) is 4.88. The van der Waals surface area contributed by atoms with Crippen molar-refractivity contribution in [3.63, 3.8) is 0 Å². The molecule has 1 aliphatic carbocycles. The molecule has 0 aliphatic heterocycles. The van der Waals surface area contributed by atoms with Gasteiger partial charge in [-0.05, 0) is 12.8 Å². The smallest absolute Gasteiger partial charge is 0.212 e. The molecular weight excluding hydrogens is 242 g/mol. The van der Waals surface area contributed by atoms with Gasteiger partial charge >= 0.3 is 0 Å². The third-order valence-electron chi connectivity index (χ3n) is 2.10. The topological polar surface area (TPSA) is 46.2 Å². The fourth-order valence-corrected chi connectivity index (χ4v) is 2.71. The van der Waals surface area contributed by atoms with Gasteiger partial charge in [0.1, 0.15) is 4.66 Å². The normalized spacial score (nSPS) is 21.1. The second-order valence-corrected chi connectivity index (χ2v) is 6.23. The SMILES string of the molecule is O=S(=O)(CBr)NC1CCCCC1. The van der Waals surface area contributed by atoms with Crippen LogP contribution in [0, 0.1) is 0 Å². The van der Waals surface area contributed by atoms with E-state index in [9.17, 15) is 8.42 Å². The standard InChI is InChI=1S/C7H14BrNO2S/c8-6-12(10,11)9-7-4-2-1-3-5-7/h7,9H,1-6H2. The molecule has 72 valence electrons. The average molecular weight is 256 g/mol. The molecule has 1 fully saturated rings. The molecule has 3 nitrogen and oxygen atoms in total. The van der Waals surface area contributed by atoms with Gasteiger partial charge in [0.2, 0.25) is 10.0 Å². The Kier molecular flexibility index (Phi) is 3.99. The number of alkyl halides is 1. The number of hydrogen-bond donors (Lipinski definition) is 1. The number of sulfonamides is 1. The summed E-state index contributed by atoms with van der Waals surface area (Å²) >= 11 is 2.95. The number of halogens is 1. The molecule has 0 bridgehead atoms. The molecule has 1 N–H and O–H groups in total. The van der Waals surface area contributed by atoms with Crippen LogP contribution in [0.3, 0.4) is 0 Å². The highest BCUT2D eigenvalue weighted by atomic mass is 79.9. The Labute approximate surface area is 82.1 Å². The van der Waals surface area contributed by atoms with Crippen molar-refractivity contribution in [2.45, 2.75) is 38.1 Å². The Morgan fingerprint density at radius 1 is 1.25 bits per heavy atom. The van der Waals surface area contributed by atoms with Crippen LogP contribution in [0.1, 0.15) is 32.1 Å². The lowest BCUT2D eigenvalue weighted by Gasteiger charge is -2.21. The molecule has 0 saturated heterocycles. The quantitative estimate of drug-likeness (QED) is 0.779. The molecule has 1 aliphatic rings. The van der Waals surface area contributed by atoms with E-state index >= 15 is 0 Å². The first-order valence-electron chi connectivity index (χ1n) is 4.20. The van der Waals surface area contributed by atoms with Crippen molar-refractivity contribution in [1.29, 1.82) is 0 Å². The molecule has 0 atom stereocenters. The maximum absolute atomic E-state index is 11.1. The van der Waals surface area contributed by atoms with Crippen molar-refractivity contribution < 1.29 is 8.42 Å². The fourth-order valence-electron chi connectivity index (χ4n) is 1.51. The van der Waals surface area contributed by atoms with E-state index in [0.29, 0.717) is 0 Å². The van der Waals surface area contributed by atoms with Gasteiger partial charge < -0.3 is 0 Å². The van der Waals surface area contributed by atoms with Crippen molar-refractivity contribution >= 4 is 26.0 Å². The zero-order valence-corrected chi connectivity index (χ0v) is 9.33. The van der Waals surface area contributed by atoms with Crippen LogP contribution in [-0.2, 0) is 10.0 Å². The first-order valence-corrected chi connectivity index (χ1v) is 6.97. The van der Waals surface area contributed by atoms with E-state index in [4.69, 9.17) is 0 Å². The summed E-state index contributed by atoms with van der Waals surface area (Å²) in [4.78, 5) is 0. The van der Waals surface area contributed by atoms with Crippen molar-refractivity contribution in [3.8, 4) is 0 Å². The van der Waals surface area contributed by atoms with Gasteiger partial charge in [0.15, 0.2) is 0 Å². The second-order valence-electron chi connectivity index (χ2n) is 3.18. The highest BCUT2D eigenvalue weighted by Crippen LogP contribution is 2.18. The summed E-state index contributed by atoms with van der Waals surface area (Å²) in [5, 5.41) is 0. The predicted molar refractivity (Wildman–Crippen MR) is 52.7 cm³/mol. The highest BCUT2D eigenvalue weighted by molar-refractivity contribution is 9.10. The summed E-state index contributed by atoms with van der Waals surface area (Å²) in [6.45, 7) is 0. The summed E-state index contributed by atoms with van der Waals surface area (Å²) in [6, 6.07) is 0.182. The van der Waals surface area contributed by atoms with Gasteiger partial charge in [-0.3, -0.25) is 0 Å². The van der Waals surface area contributed by atoms with E-state index in [1.807, 2.05) is 0 Å². The molecule has 1 rings (SSSR count). The summed E-state index contributed by atoms with van der Waals surface area (Å²) < 4.78 is 24.9. The van der Waals surface area contributed by atoms with Crippen LogP contribution in [0.15, 0.2) is 0 Å². The van der Waals surface area contributed by atoms with Crippen molar-refractivity contribution in [2.24, 2.45) is 0 Å². The molecule has 1 saturated carbocycles. The van der Waals surface area contributed by atoms with Gasteiger partial charge in [-0.1, -0.05) is 35.2 Å². The largest absolute Gasteiger partial charge is 0.221 e. The predicted octanol–water partition coefficient (Wildman–Crippen LogP) is 1.59. The zero-order chi connectivity index (χ0) is 9.03. The van der Waals surface area contributed by atoms with Crippen molar-refractivity contribution in [1.82, 2.24) is 4.72 Å². The van der Waals surface area contributed by atoms with E-state index in [0.717, 1.165) is 25.7 Å². The molecule has 5 heteroatoms. The number of rotatable bonds is 3.